The smallest absolute Gasteiger partial charge is 0.350 e. The second-order valence-corrected chi connectivity index (χ2v) is 17.1. The van der Waals surface area contributed by atoms with Crippen LogP contribution in [0.25, 0.3) is 0 Å². The Morgan fingerprint density at radius 2 is 1.89 bits per heavy atom. The van der Waals surface area contributed by atoms with Crippen molar-refractivity contribution in [2.45, 2.75) is 126 Å². The maximum atomic E-state index is 14.5. The highest BCUT2D eigenvalue weighted by atomic mass is 16.7. The van der Waals surface area contributed by atoms with E-state index in [0.717, 1.165) is 102 Å². The molecule has 0 aromatic carbocycles. The molecule has 10 unspecified atom stereocenters. The quantitative estimate of drug-likeness (QED) is 0.0540. The van der Waals surface area contributed by atoms with Gasteiger partial charge in [-0.15, -0.1) is 0 Å². The molecule has 6 N–H and O–H groups in total. The van der Waals surface area contributed by atoms with Crippen molar-refractivity contribution < 1.29 is 23.9 Å². The van der Waals surface area contributed by atoms with E-state index >= 15 is 0 Å². The zero-order valence-electron chi connectivity index (χ0n) is 33.1. The number of nitrogens with zero attached hydrogens (tertiary/aromatic N) is 1. The summed E-state index contributed by atoms with van der Waals surface area (Å²) < 4.78 is 12.6. The number of nitrogens with one attached hydrogen (secondary N) is 6. The molecule has 3 heterocycles. The van der Waals surface area contributed by atoms with E-state index in [1.807, 2.05) is 14.1 Å². The fraction of sp³-hybridized carbons (Fsp3) is 0.762. The van der Waals surface area contributed by atoms with Crippen LogP contribution >= 0.6 is 0 Å². The highest BCUT2D eigenvalue weighted by Gasteiger charge is 2.87. The van der Waals surface area contributed by atoms with Crippen LogP contribution in [0, 0.1) is 29.6 Å². The lowest BCUT2D eigenvalue weighted by molar-refractivity contribution is -0.160. The molecule has 0 aromatic heterocycles. The minimum Gasteiger partial charge on any atom is -0.463 e. The summed E-state index contributed by atoms with van der Waals surface area (Å²) in [4.78, 5) is 48.0. The first-order valence-electron chi connectivity index (χ1n) is 21.0. The Morgan fingerprint density at radius 1 is 1.07 bits per heavy atom. The zero-order valence-corrected chi connectivity index (χ0v) is 33.1. The highest BCUT2D eigenvalue weighted by Crippen LogP contribution is 2.61. The standard InChI is InChI=1S/C42H65N7O5/c1-5-45-34-22-29-12-7-6-11-28(29)21-30(34)25-53-38(52)42-37(51)33-14-9-8-13-32(33)36(50)41(42,54-42)18-15-27(2)24-40(17-10-19-47-39(44-4)49-40)31-16-20-46-35(23-31)48-26-43-3/h7,12,15,22,28,30-35,43,45-46,48H,5-6,8-11,13-14,16-21,23-26H2,1-4H3,(H2,44,47,49). The van der Waals surface area contributed by atoms with Crippen LogP contribution in [0.3, 0.4) is 0 Å². The van der Waals surface area contributed by atoms with Crippen LogP contribution in [-0.4, -0.2) is 99.4 Å². The van der Waals surface area contributed by atoms with E-state index in [2.05, 4.69) is 75.0 Å². The van der Waals surface area contributed by atoms with Crippen molar-refractivity contribution >= 4 is 23.5 Å². The summed E-state index contributed by atoms with van der Waals surface area (Å²) in [6, 6.07) is 0.0730. The van der Waals surface area contributed by atoms with Crippen LogP contribution in [0.2, 0.25) is 0 Å². The Kier molecular flexibility index (Phi) is 12.1. The minimum atomic E-state index is -1.86. The van der Waals surface area contributed by atoms with Crippen molar-refractivity contribution in [2.24, 2.45) is 34.6 Å². The first-order chi connectivity index (χ1) is 26.2. The Labute approximate surface area is 321 Å². The van der Waals surface area contributed by atoms with Gasteiger partial charge >= 0.3 is 5.97 Å². The maximum absolute atomic E-state index is 14.5. The van der Waals surface area contributed by atoms with Gasteiger partial charge in [-0.25, -0.2) is 4.79 Å². The third-order valence-electron chi connectivity index (χ3n) is 13.9. The summed E-state index contributed by atoms with van der Waals surface area (Å²) in [6.45, 7) is 7.68. The topological polar surface area (TPSA) is 158 Å². The fourth-order valence-corrected chi connectivity index (χ4v) is 11.0. The number of carbonyl (C=O) groups excluding carboxylic acids is 3. The molecule has 298 valence electrons. The number of esters is 1. The van der Waals surface area contributed by atoms with Crippen LogP contribution in [-0.2, 0) is 23.9 Å². The molecule has 0 radical (unpaired) electrons. The molecule has 12 nitrogen and oxygen atoms in total. The van der Waals surface area contributed by atoms with Crippen LogP contribution in [0.5, 0.6) is 0 Å². The molecule has 0 bridgehead atoms. The summed E-state index contributed by atoms with van der Waals surface area (Å²) in [7, 11) is 3.76. The van der Waals surface area contributed by atoms with Crippen molar-refractivity contribution in [3.63, 3.8) is 0 Å². The number of carbonyl (C=O) groups is 3. The van der Waals surface area contributed by atoms with Crippen LogP contribution in [0.15, 0.2) is 40.4 Å². The van der Waals surface area contributed by atoms with Gasteiger partial charge in [-0.3, -0.25) is 19.9 Å². The number of allylic oxidation sites excluding steroid dienone is 3. The van der Waals surface area contributed by atoms with Crippen molar-refractivity contribution in [2.75, 3.05) is 47.0 Å². The predicted octanol–water partition coefficient (Wildman–Crippen LogP) is 3.40. The maximum Gasteiger partial charge on any atom is 0.350 e. The number of Topliss-reactive ketones (excluding diaryl/α,β-unsaturated/α-hetero) is 2. The van der Waals surface area contributed by atoms with Crippen molar-refractivity contribution in [1.29, 1.82) is 0 Å². The summed E-state index contributed by atoms with van der Waals surface area (Å²) in [5.74, 6) is -0.178. The number of piperidine rings is 1. The Morgan fingerprint density at radius 3 is 2.67 bits per heavy atom. The number of ketones is 2. The van der Waals surface area contributed by atoms with Crippen LogP contribution in [0.4, 0.5) is 0 Å². The number of likely N-dealkylation sites (N-methyl/N-ethyl adjacent to an activating group) is 1. The molecule has 0 spiro atoms. The molecule has 0 aromatic rings. The highest BCUT2D eigenvalue weighted by molar-refractivity contribution is 6.23. The lowest BCUT2D eigenvalue weighted by Gasteiger charge is -2.46. The average Bonchev–Trinajstić information content (AvgIpc) is 3.95. The number of fused-ring (bicyclic) bond motifs is 3. The number of guanidine groups is 1. The van der Waals surface area contributed by atoms with Gasteiger partial charge in [-0.1, -0.05) is 49.6 Å². The number of aliphatic imine (C=N–C) groups is 1. The zero-order chi connectivity index (χ0) is 37.9. The van der Waals surface area contributed by atoms with Crippen LogP contribution < -0.4 is 31.9 Å². The molecule has 3 aliphatic heterocycles. The van der Waals surface area contributed by atoms with E-state index in [-0.39, 0.29) is 48.3 Å². The Bertz CT molecular complexity index is 1540. The van der Waals surface area contributed by atoms with Gasteiger partial charge in [-0.2, -0.15) is 0 Å². The van der Waals surface area contributed by atoms with Gasteiger partial charge in [-0.05, 0) is 109 Å². The molecule has 5 fully saturated rings. The number of hydrogen-bond acceptors (Lipinski definition) is 10. The third kappa shape index (κ3) is 7.38. The molecule has 7 aliphatic rings. The first-order valence-corrected chi connectivity index (χ1v) is 21.0. The van der Waals surface area contributed by atoms with Gasteiger partial charge in [0.15, 0.2) is 23.1 Å². The minimum absolute atomic E-state index is 0.0730. The van der Waals surface area contributed by atoms with E-state index in [1.54, 1.807) is 0 Å². The van der Waals surface area contributed by atoms with Crippen LogP contribution in [0.1, 0.15) is 97.3 Å². The summed E-state index contributed by atoms with van der Waals surface area (Å²) >= 11 is 0. The molecule has 0 amide bonds. The molecule has 2 saturated carbocycles. The molecule has 12 heteroatoms. The van der Waals surface area contributed by atoms with Gasteiger partial charge < -0.3 is 36.1 Å². The number of epoxide rings is 1. The Balaban J connectivity index is 1.12. The van der Waals surface area contributed by atoms with E-state index in [9.17, 15) is 14.4 Å². The Hall–Kier alpha value is -2.90. The largest absolute Gasteiger partial charge is 0.463 e. The van der Waals surface area contributed by atoms with E-state index in [1.165, 1.54) is 5.57 Å². The van der Waals surface area contributed by atoms with Gasteiger partial charge in [0.25, 0.3) is 5.60 Å². The second kappa shape index (κ2) is 16.7. The van der Waals surface area contributed by atoms with E-state index in [0.29, 0.717) is 24.7 Å². The monoisotopic (exact) mass is 748 g/mol. The SMILES string of the molecule is CCNC1C=C2C=CCCC2CC1COC(=O)C12OC1(CC=C(C)CC1(C3CCNC(NCNC)C3)CCCNC(=NC)N1)C(=O)C1CCCCC1C2=O. The normalized spacial score (nSPS) is 40.0. The summed E-state index contributed by atoms with van der Waals surface area (Å²) in [5.41, 5.74) is -1.16. The molecular weight excluding hydrogens is 683 g/mol. The summed E-state index contributed by atoms with van der Waals surface area (Å²) in [6.07, 6.45) is 20.1. The third-order valence-corrected chi connectivity index (χ3v) is 13.9. The van der Waals surface area contributed by atoms with E-state index < -0.39 is 29.0 Å². The summed E-state index contributed by atoms with van der Waals surface area (Å²) in [5, 5.41) is 21.3. The number of ether oxygens (including phenoxy) is 2. The predicted molar refractivity (Wildman–Crippen MR) is 210 cm³/mol. The first kappa shape index (κ1) is 39.3. The molecule has 3 saturated heterocycles. The molecule has 7 rings (SSSR count). The van der Waals surface area contributed by atoms with Crippen molar-refractivity contribution in [3.05, 3.63) is 35.5 Å². The second-order valence-electron chi connectivity index (χ2n) is 17.1. The lowest BCUT2D eigenvalue weighted by atomic mass is 9.61. The molecule has 4 aliphatic carbocycles. The van der Waals surface area contributed by atoms with Gasteiger partial charge in [0.2, 0.25) is 0 Å². The molecule has 54 heavy (non-hydrogen) atoms. The number of rotatable bonds is 13. The average molecular weight is 748 g/mol. The van der Waals surface area contributed by atoms with Gasteiger partial charge in [0.1, 0.15) is 0 Å². The molecule has 10 atom stereocenters. The van der Waals surface area contributed by atoms with Crippen molar-refractivity contribution in [3.8, 4) is 0 Å². The molecular formula is C42H65N7O5. The van der Waals surface area contributed by atoms with E-state index in [4.69, 9.17) is 9.47 Å². The van der Waals surface area contributed by atoms with Gasteiger partial charge in [0, 0.05) is 56.0 Å². The van der Waals surface area contributed by atoms with Gasteiger partial charge in [0.05, 0.1) is 12.8 Å². The number of hydrogen-bond donors (Lipinski definition) is 6. The lowest BCUT2D eigenvalue weighted by Crippen LogP contribution is -2.60. The fourth-order valence-electron chi connectivity index (χ4n) is 11.0. The van der Waals surface area contributed by atoms with Crippen molar-refractivity contribution in [1.82, 2.24) is 31.9 Å².